The van der Waals surface area contributed by atoms with Crippen molar-refractivity contribution in [1.29, 1.82) is 0 Å². The molecule has 0 aliphatic carbocycles. The number of alkyl halides is 3. The van der Waals surface area contributed by atoms with Crippen LogP contribution in [0.4, 0.5) is 13.2 Å². The van der Waals surface area contributed by atoms with Gasteiger partial charge in [-0.25, -0.2) is 9.78 Å². The molecule has 0 atom stereocenters. The van der Waals surface area contributed by atoms with E-state index in [1.165, 1.54) is 17.1 Å². The summed E-state index contributed by atoms with van der Waals surface area (Å²) in [5.74, 6) is -1.23. The van der Waals surface area contributed by atoms with Crippen molar-refractivity contribution in [2.75, 3.05) is 26.2 Å². The van der Waals surface area contributed by atoms with Gasteiger partial charge < -0.3 is 14.6 Å². The summed E-state index contributed by atoms with van der Waals surface area (Å²) < 4.78 is 34.2. The molecule has 2 aliphatic rings. The third kappa shape index (κ3) is 5.11. The highest BCUT2D eigenvalue weighted by molar-refractivity contribution is 5.78. The molecule has 1 spiro atoms. The number of aromatic nitrogens is 2. The number of carboxylic acids is 1. The van der Waals surface area contributed by atoms with Gasteiger partial charge in [0.2, 0.25) is 5.91 Å². The average Bonchev–Trinajstić information content (AvgIpc) is 3.25. The van der Waals surface area contributed by atoms with Crippen molar-refractivity contribution in [3.63, 3.8) is 0 Å². The number of carboxylic acid groups (broad SMARTS) is 1. The molecule has 0 saturated carbocycles. The molecule has 0 bridgehead atoms. The molecule has 186 valence electrons. The van der Waals surface area contributed by atoms with E-state index in [0.29, 0.717) is 0 Å². The molecular formula is C24H31F3N4O3. The minimum atomic E-state index is -5.08. The van der Waals surface area contributed by atoms with Gasteiger partial charge in [-0.3, -0.25) is 9.69 Å². The molecule has 2 aliphatic heterocycles. The summed E-state index contributed by atoms with van der Waals surface area (Å²) in [6.07, 6.45) is -1.12. The fourth-order valence-corrected chi connectivity index (χ4v) is 4.85. The standard InChI is InChI=1S/C22H30N4O.C2HF3O2/c1-4-25-14-15-26-19(18-8-6-5-7-9-18)16-23-21(26)22(25)10-12-24(13-11-22)20(27)17(2)3;3-2(4,5)1(6)7/h5-9,16-17H,4,10-15H2,1-3H3;(H,6,7). The first kappa shape index (κ1) is 25.7. The number of hydrogen-bond donors (Lipinski definition) is 1. The number of likely N-dealkylation sites (N-methyl/N-ethyl adjacent to an activating group) is 1. The number of imidazole rings is 1. The topological polar surface area (TPSA) is 78.7 Å². The molecule has 1 aromatic carbocycles. The molecule has 4 rings (SSSR count). The first-order chi connectivity index (χ1) is 16.0. The predicted octanol–water partition coefficient (Wildman–Crippen LogP) is 3.99. The van der Waals surface area contributed by atoms with Crippen LogP contribution in [0.3, 0.4) is 0 Å². The molecule has 3 heterocycles. The predicted molar refractivity (Wildman–Crippen MR) is 121 cm³/mol. The van der Waals surface area contributed by atoms with Crippen molar-refractivity contribution in [2.45, 2.75) is 51.9 Å². The quantitative estimate of drug-likeness (QED) is 0.719. The van der Waals surface area contributed by atoms with Gasteiger partial charge in [-0.05, 0) is 24.9 Å². The van der Waals surface area contributed by atoms with E-state index in [1.807, 2.05) is 24.9 Å². The Morgan fingerprint density at radius 2 is 1.68 bits per heavy atom. The van der Waals surface area contributed by atoms with Crippen molar-refractivity contribution < 1.29 is 27.9 Å². The van der Waals surface area contributed by atoms with Crippen LogP contribution in [0.15, 0.2) is 36.5 Å². The maximum Gasteiger partial charge on any atom is 0.490 e. The maximum atomic E-state index is 12.4. The number of likely N-dealkylation sites (tertiary alicyclic amines) is 1. The van der Waals surface area contributed by atoms with Gasteiger partial charge >= 0.3 is 12.1 Å². The Balaban J connectivity index is 0.000000406. The molecule has 7 nitrogen and oxygen atoms in total. The summed E-state index contributed by atoms with van der Waals surface area (Å²) in [5.41, 5.74) is 2.39. The zero-order valence-corrected chi connectivity index (χ0v) is 19.7. The van der Waals surface area contributed by atoms with E-state index in [0.717, 1.165) is 45.6 Å². The van der Waals surface area contributed by atoms with Crippen molar-refractivity contribution in [2.24, 2.45) is 5.92 Å². The highest BCUT2D eigenvalue weighted by atomic mass is 19.4. The molecule has 1 amide bonds. The Bertz CT molecular complexity index is 997. The lowest BCUT2D eigenvalue weighted by Gasteiger charge is -2.51. The van der Waals surface area contributed by atoms with Crippen LogP contribution < -0.4 is 0 Å². The first-order valence-corrected chi connectivity index (χ1v) is 11.5. The monoisotopic (exact) mass is 480 g/mol. The van der Waals surface area contributed by atoms with E-state index in [9.17, 15) is 18.0 Å². The number of piperidine rings is 1. The Morgan fingerprint density at radius 1 is 1.09 bits per heavy atom. The lowest BCUT2D eigenvalue weighted by atomic mass is 9.82. The van der Waals surface area contributed by atoms with Crippen LogP contribution in [-0.2, 0) is 21.7 Å². The molecule has 0 unspecified atom stereocenters. The molecule has 34 heavy (non-hydrogen) atoms. The number of nitrogens with zero attached hydrogens (tertiary/aromatic N) is 4. The Hall–Kier alpha value is -2.88. The SMILES string of the molecule is CCN1CCn2c(-c3ccccc3)cnc2C12CCN(C(=O)C(C)C)CC2.O=C(O)C(F)(F)F. The summed E-state index contributed by atoms with van der Waals surface area (Å²) >= 11 is 0. The third-order valence-electron chi connectivity index (χ3n) is 6.56. The smallest absolute Gasteiger partial charge is 0.475 e. The molecule has 10 heteroatoms. The van der Waals surface area contributed by atoms with Crippen LogP contribution >= 0.6 is 0 Å². The average molecular weight is 481 g/mol. The summed E-state index contributed by atoms with van der Waals surface area (Å²) in [4.78, 5) is 30.9. The van der Waals surface area contributed by atoms with Crippen LogP contribution in [0.2, 0.25) is 0 Å². The number of aliphatic carboxylic acids is 1. The minimum absolute atomic E-state index is 0.0478. The van der Waals surface area contributed by atoms with Crippen molar-refractivity contribution in [1.82, 2.24) is 19.4 Å². The van der Waals surface area contributed by atoms with E-state index in [4.69, 9.17) is 14.9 Å². The van der Waals surface area contributed by atoms with Gasteiger partial charge in [0, 0.05) is 32.1 Å². The highest BCUT2D eigenvalue weighted by Gasteiger charge is 2.47. The fraction of sp³-hybridized carbons (Fsp3) is 0.542. The van der Waals surface area contributed by atoms with Gasteiger partial charge in [-0.2, -0.15) is 13.2 Å². The second kappa shape index (κ2) is 10.2. The van der Waals surface area contributed by atoms with Crippen molar-refractivity contribution in [3.05, 3.63) is 42.4 Å². The van der Waals surface area contributed by atoms with Crippen LogP contribution in [0, 0.1) is 5.92 Å². The second-order valence-corrected chi connectivity index (χ2v) is 8.88. The fourth-order valence-electron chi connectivity index (χ4n) is 4.85. The Kier molecular flexibility index (Phi) is 7.70. The van der Waals surface area contributed by atoms with Gasteiger partial charge in [-0.15, -0.1) is 0 Å². The largest absolute Gasteiger partial charge is 0.490 e. The van der Waals surface area contributed by atoms with Gasteiger partial charge in [0.25, 0.3) is 0 Å². The zero-order valence-electron chi connectivity index (χ0n) is 19.7. The van der Waals surface area contributed by atoms with Crippen LogP contribution in [0.25, 0.3) is 11.3 Å². The zero-order chi connectivity index (χ0) is 25.1. The van der Waals surface area contributed by atoms with Crippen molar-refractivity contribution >= 4 is 11.9 Å². The van der Waals surface area contributed by atoms with E-state index >= 15 is 0 Å². The molecule has 0 radical (unpaired) electrons. The second-order valence-electron chi connectivity index (χ2n) is 8.88. The highest BCUT2D eigenvalue weighted by Crippen LogP contribution is 2.42. The molecule has 1 N–H and O–H groups in total. The summed E-state index contributed by atoms with van der Waals surface area (Å²) in [7, 11) is 0. The van der Waals surface area contributed by atoms with Gasteiger partial charge in [-0.1, -0.05) is 51.1 Å². The maximum absolute atomic E-state index is 12.4. The molecule has 1 fully saturated rings. The van der Waals surface area contributed by atoms with Gasteiger partial charge in [0.15, 0.2) is 0 Å². The van der Waals surface area contributed by atoms with Crippen LogP contribution in [0.1, 0.15) is 39.4 Å². The number of carbonyl (C=O) groups excluding carboxylic acids is 1. The number of fused-ring (bicyclic) bond motifs is 2. The number of carbonyl (C=O) groups is 2. The lowest BCUT2D eigenvalue weighted by molar-refractivity contribution is -0.192. The molecular weight excluding hydrogens is 449 g/mol. The number of rotatable bonds is 3. The first-order valence-electron chi connectivity index (χ1n) is 11.5. The molecule has 2 aromatic rings. The van der Waals surface area contributed by atoms with E-state index in [1.54, 1.807) is 0 Å². The van der Waals surface area contributed by atoms with Crippen LogP contribution in [-0.4, -0.2) is 68.7 Å². The summed E-state index contributed by atoms with van der Waals surface area (Å²) in [6, 6.07) is 10.5. The Morgan fingerprint density at radius 3 is 2.18 bits per heavy atom. The summed E-state index contributed by atoms with van der Waals surface area (Å²) in [6.45, 7) is 10.9. The number of halogens is 3. The van der Waals surface area contributed by atoms with Crippen LogP contribution in [0.5, 0.6) is 0 Å². The number of amides is 1. The summed E-state index contributed by atoms with van der Waals surface area (Å²) in [5, 5.41) is 7.12. The Labute approximate surface area is 197 Å². The lowest BCUT2D eigenvalue weighted by Crippen LogP contribution is -2.58. The minimum Gasteiger partial charge on any atom is -0.475 e. The van der Waals surface area contributed by atoms with Gasteiger partial charge in [0.05, 0.1) is 17.4 Å². The number of benzene rings is 1. The van der Waals surface area contributed by atoms with Gasteiger partial charge in [0.1, 0.15) is 5.82 Å². The van der Waals surface area contributed by atoms with E-state index in [-0.39, 0.29) is 17.4 Å². The van der Waals surface area contributed by atoms with E-state index in [2.05, 4.69) is 46.7 Å². The molecule has 1 saturated heterocycles. The normalized spacial score (nSPS) is 17.8. The molecule has 1 aromatic heterocycles. The van der Waals surface area contributed by atoms with Crippen molar-refractivity contribution in [3.8, 4) is 11.3 Å². The van der Waals surface area contributed by atoms with E-state index < -0.39 is 12.1 Å². The number of hydrogen-bond acceptors (Lipinski definition) is 4. The third-order valence-corrected chi connectivity index (χ3v) is 6.56.